The largest absolute Gasteiger partial charge is 0.481 e. The number of nitrogens with two attached hydrogens (primary N) is 1. The smallest absolute Gasteiger partial charge is 0.462 e. The lowest BCUT2D eigenvalue weighted by atomic mass is 10.0. The third-order valence-corrected chi connectivity index (χ3v) is 13.6. The van der Waals surface area contributed by atoms with Gasteiger partial charge in [0.15, 0.2) is 12.3 Å². The van der Waals surface area contributed by atoms with E-state index in [0.29, 0.717) is 12.8 Å². The van der Waals surface area contributed by atoms with E-state index in [4.69, 9.17) is 29.0 Å². The van der Waals surface area contributed by atoms with Gasteiger partial charge in [-0.1, -0.05) is 156 Å². The summed E-state index contributed by atoms with van der Waals surface area (Å²) in [6, 6.07) is 1.25. The van der Waals surface area contributed by atoms with E-state index in [-0.39, 0.29) is 18.7 Å². The van der Waals surface area contributed by atoms with Crippen molar-refractivity contribution in [3.05, 3.63) is 22.7 Å². The number of aliphatic hydroxyl groups excluding tert-OH is 2. The lowest BCUT2D eigenvalue weighted by molar-refractivity contribution is -0.161. The number of hydrogen-bond donors (Lipinski definition) is 5. The third-order valence-electron chi connectivity index (χ3n) is 11.0. The number of carbonyl (C=O) groups excluding carboxylic acids is 2. The average Bonchev–Trinajstić information content (AvgIpc) is 3.50. The molecular weight excluding hydrogens is 872 g/mol. The summed E-state index contributed by atoms with van der Waals surface area (Å²) in [7, 11) is -10.8. The molecule has 0 saturated carbocycles. The lowest BCUT2D eigenvalue weighted by Crippen LogP contribution is -2.36. The second kappa shape index (κ2) is 32.5. The van der Waals surface area contributed by atoms with Gasteiger partial charge < -0.3 is 39.9 Å². The minimum atomic E-state index is -5.41. The van der Waals surface area contributed by atoms with E-state index in [1.165, 1.54) is 89.3 Å². The predicted molar refractivity (Wildman–Crippen MR) is 243 cm³/mol. The summed E-state index contributed by atoms with van der Waals surface area (Å²) < 4.78 is 56.6. The van der Waals surface area contributed by atoms with Crippen LogP contribution in [0.2, 0.25) is 0 Å². The van der Waals surface area contributed by atoms with Gasteiger partial charge in [-0.25, -0.2) is 13.9 Å². The molecule has 2 rings (SSSR count). The van der Waals surface area contributed by atoms with Gasteiger partial charge in [0.25, 0.3) is 0 Å². The average molecular weight is 954 g/mol. The van der Waals surface area contributed by atoms with Crippen LogP contribution in [0, 0.1) is 11.8 Å². The number of phosphoric ester groups is 2. The Kier molecular flexibility index (Phi) is 29.4. The first-order chi connectivity index (χ1) is 30.4. The van der Waals surface area contributed by atoms with Crippen molar-refractivity contribution < 1.29 is 66.3 Å². The number of hydrogen-bond acceptors (Lipinski definition) is 15. The molecule has 18 nitrogen and oxygen atoms in total. The van der Waals surface area contributed by atoms with Gasteiger partial charge in [-0.2, -0.15) is 9.29 Å². The highest BCUT2D eigenvalue weighted by Crippen LogP contribution is 2.60. The highest BCUT2D eigenvalue weighted by atomic mass is 31.3. The minimum absolute atomic E-state index is 0.0546. The summed E-state index contributed by atoms with van der Waals surface area (Å²) in [4.78, 5) is 61.7. The van der Waals surface area contributed by atoms with Crippen molar-refractivity contribution in [3.8, 4) is 0 Å². The molecule has 20 heteroatoms. The van der Waals surface area contributed by atoms with Gasteiger partial charge in [-0.3, -0.25) is 23.2 Å². The molecule has 0 aliphatic carbocycles. The summed E-state index contributed by atoms with van der Waals surface area (Å²) in [5.41, 5.74) is 4.58. The molecule has 1 fully saturated rings. The van der Waals surface area contributed by atoms with Crippen molar-refractivity contribution in [1.29, 1.82) is 0 Å². The van der Waals surface area contributed by atoms with Crippen LogP contribution in [0.25, 0.3) is 0 Å². The first-order valence-corrected chi connectivity index (χ1v) is 26.8. The minimum Gasteiger partial charge on any atom is -0.462 e. The number of phosphoric acid groups is 2. The number of unbranched alkanes of at least 4 members (excludes halogenated alkanes) is 18. The molecular formula is C44H81N3O15P2. The fourth-order valence-corrected chi connectivity index (χ4v) is 9.44. The van der Waals surface area contributed by atoms with E-state index >= 15 is 0 Å². The molecule has 6 N–H and O–H groups in total. The van der Waals surface area contributed by atoms with Gasteiger partial charge >= 0.3 is 33.3 Å². The van der Waals surface area contributed by atoms with Crippen LogP contribution in [0.5, 0.6) is 0 Å². The normalized spacial score (nSPS) is 20.0. The van der Waals surface area contributed by atoms with Crippen LogP contribution in [0.4, 0.5) is 5.82 Å². The number of rotatable bonds is 38. The second-order valence-corrected chi connectivity index (χ2v) is 21.0. The number of esters is 2. The van der Waals surface area contributed by atoms with Crippen molar-refractivity contribution in [2.24, 2.45) is 11.8 Å². The zero-order valence-corrected chi connectivity index (χ0v) is 40.7. The van der Waals surface area contributed by atoms with Crippen LogP contribution in [-0.4, -0.2) is 85.7 Å². The van der Waals surface area contributed by atoms with Gasteiger partial charge in [0.1, 0.15) is 30.7 Å². The maximum atomic E-state index is 12.8. The molecule has 1 aliphatic rings. The fourth-order valence-electron chi connectivity index (χ4n) is 7.33. The third kappa shape index (κ3) is 26.8. The number of ether oxygens (including phenoxy) is 3. The van der Waals surface area contributed by atoms with Crippen LogP contribution >= 0.6 is 15.6 Å². The van der Waals surface area contributed by atoms with E-state index in [0.717, 1.165) is 67.8 Å². The number of carbonyl (C=O) groups is 2. The monoisotopic (exact) mass is 954 g/mol. The predicted octanol–water partition coefficient (Wildman–Crippen LogP) is 8.82. The van der Waals surface area contributed by atoms with Gasteiger partial charge in [0, 0.05) is 19.0 Å². The second-order valence-electron chi connectivity index (χ2n) is 17.9. The zero-order chi connectivity index (χ0) is 47.4. The number of aromatic nitrogens is 2. The zero-order valence-electron chi connectivity index (χ0n) is 38.9. The van der Waals surface area contributed by atoms with Crippen LogP contribution in [0.3, 0.4) is 0 Å². The molecule has 372 valence electrons. The van der Waals surface area contributed by atoms with Crippen molar-refractivity contribution in [2.45, 2.75) is 212 Å². The quantitative estimate of drug-likeness (QED) is 0.0235. The highest BCUT2D eigenvalue weighted by Gasteiger charge is 2.46. The van der Waals surface area contributed by atoms with Crippen LogP contribution in [0.1, 0.15) is 188 Å². The number of nitrogens with zero attached hydrogens (tertiary/aromatic N) is 2. The van der Waals surface area contributed by atoms with Gasteiger partial charge in [0.05, 0.1) is 13.2 Å². The molecule has 0 spiro atoms. The Balaban J connectivity index is 1.82. The summed E-state index contributed by atoms with van der Waals surface area (Å²) in [5.74, 6) is 0.216. The van der Waals surface area contributed by atoms with Crippen molar-refractivity contribution >= 4 is 33.4 Å². The van der Waals surface area contributed by atoms with Crippen molar-refractivity contribution in [3.63, 3.8) is 0 Å². The molecule has 3 unspecified atom stereocenters. The molecule has 0 aromatic carbocycles. The summed E-state index contributed by atoms with van der Waals surface area (Å²) in [6.07, 6.45) is 17.9. The molecule has 0 bridgehead atoms. The van der Waals surface area contributed by atoms with Crippen LogP contribution in [-0.2, 0) is 46.3 Å². The van der Waals surface area contributed by atoms with Gasteiger partial charge in [-0.15, -0.1) is 0 Å². The summed E-state index contributed by atoms with van der Waals surface area (Å²) in [6.45, 7) is 6.72. The standard InChI is InChI=1S/C44H81N3O15P2/c1-34(2)25-21-17-13-9-6-5-7-11-15-19-23-27-39(48)57-31-36(60-40(49)28-24-20-16-12-8-10-14-18-22-26-35(3)4)32-58-63(53,54)62-64(55,56)59-33-37-41(50)42(51)43(61-37)47-30-29-38(45)46-44(47)52/h29-30,34-37,41-43,50-51H,5-28,31-33H2,1-4H3,(H,53,54)(H,55,56)(H2,45,46,52)/t36-,37-,41+,42?,43-/m1/s1. The van der Waals surface area contributed by atoms with Gasteiger partial charge in [0.2, 0.25) is 0 Å². The SMILES string of the molecule is CC(C)CCCCCCCCCCCCCC(=O)OC[C@H](COP(=O)(O)OP(=O)(O)OC[C@H]1O[C@@H](n2ccc(N)nc2=O)C(O)[C@H]1O)OC(=O)CCCCCCCCCCCC(C)C. The number of anilines is 1. The van der Waals surface area contributed by atoms with Crippen molar-refractivity contribution in [1.82, 2.24) is 9.55 Å². The Morgan fingerprint density at radius 3 is 1.64 bits per heavy atom. The molecule has 1 aromatic heterocycles. The molecule has 0 amide bonds. The number of aliphatic hydroxyl groups is 2. The van der Waals surface area contributed by atoms with E-state index in [9.17, 15) is 43.5 Å². The summed E-state index contributed by atoms with van der Waals surface area (Å²) in [5, 5.41) is 20.9. The maximum Gasteiger partial charge on any atom is 0.481 e. The molecule has 2 heterocycles. The fraction of sp³-hybridized carbons (Fsp3) is 0.864. The number of nitrogen functional groups attached to an aromatic ring is 1. The van der Waals surface area contributed by atoms with E-state index in [1.54, 1.807) is 0 Å². The van der Waals surface area contributed by atoms with Gasteiger partial charge in [-0.05, 0) is 30.7 Å². The summed E-state index contributed by atoms with van der Waals surface area (Å²) >= 11 is 0. The van der Waals surface area contributed by atoms with E-state index < -0.39 is 83.7 Å². The lowest BCUT2D eigenvalue weighted by Gasteiger charge is -2.21. The van der Waals surface area contributed by atoms with E-state index in [2.05, 4.69) is 37.0 Å². The van der Waals surface area contributed by atoms with E-state index in [1.807, 2.05) is 0 Å². The van der Waals surface area contributed by atoms with Crippen LogP contribution < -0.4 is 11.4 Å². The maximum absolute atomic E-state index is 12.8. The molecule has 1 aromatic rings. The Bertz CT molecular complexity index is 1600. The Hall–Kier alpha value is -2.24. The Morgan fingerprint density at radius 1 is 0.703 bits per heavy atom. The van der Waals surface area contributed by atoms with Crippen molar-refractivity contribution in [2.75, 3.05) is 25.6 Å². The molecule has 7 atom stereocenters. The first kappa shape index (κ1) is 57.9. The highest BCUT2D eigenvalue weighted by molar-refractivity contribution is 7.61. The first-order valence-electron chi connectivity index (χ1n) is 23.8. The molecule has 0 radical (unpaired) electrons. The molecule has 1 aliphatic heterocycles. The topological polar surface area (TPSA) is 265 Å². The van der Waals surface area contributed by atoms with Crippen LogP contribution in [0.15, 0.2) is 17.1 Å². The Morgan fingerprint density at radius 2 is 1.16 bits per heavy atom. The molecule has 1 saturated heterocycles. The Labute approximate surface area is 380 Å². The molecule has 64 heavy (non-hydrogen) atoms.